The van der Waals surface area contributed by atoms with Crippen LogP contribution < -0.4 is 10.6 Å². The Bertz CT molecular complexity index is 1440. The summed E-state index contributed by atoms with van der Waals surface area (Å²) in [5, 5.41) is 6.81. The Kier molecular flexibility index (Phi) is 7.64. The highest BCUT2D eigenvalue weighted by molar-refractivity contribution is 6.31. The molecule has 37 heavy (non-hydrogen) atoms. The minimum Gasteiger partial charge on any atom is -0.444 e. The van der Waals surface area contributed by atoms with Crippen LogP contribution in [0.15, 0.2) is 79.0 Å². The normalized spacial score (nSPS) is 12.1. The maximum absolute atomic E-state index is 13.5. The highest BCUT2D eigenvalue weighted by atomic mass is 35.5. The zero-order valence-electron chi connectivity index (χ0n) is 20.8. The summed E-state index contributed by atoms with van der Waals surface area (Å²) >= 11 is 6.19. The Labute approximate surface area is 220 Å². The number of aromatic nitrogens is 1. The van der Waals surface area contributed by atoms with Crippen molar-refractivity contribution in [1.82, 2.24) is 10.3 Å². The fourth-order valence-electron chi connectivity index (χ4n) is 3.96. The summed E-state index contributed by atoms with van der Waals surface area (Å²) < 4.78 is 5.40. The number of amides is 2. The number of carbonyl (C=O) groups excluding carboxylic acids is 3. The Balaban J connectivity index is 1.63. The zero-order valence-corrected chi connectivity index (χ0v) is 21.6. The van der Waals surface area contributed by atoms with Crippen LogP contribution in [0.25, 0.3) is 10.9 Å². The largest absolute Gasteiger partial charge is 0.444 e. The van der Waals surface area contributed by atoms with E-state index in [4.69, 9.17) is 16.3 Å². The second-order valence-electron chi connectivity index (χ2n) is 9.64. The van der Waals surface area contributed by atoms with Crippen molar-refractivity contribution >= 4 is 46.0 Å². The lowest BCUT2D eigenvalue weighted by Crippen LogP contribution is -2.47. The van der Waals surface area contributed by atoms with Crippen molar-refractivity contribution in [2.75, 3.05) is 5.32 Å². The molecule has 0 fully saturated rings. The van der Waals surface area contributed by atoms with E-state index in [1.165, 1.54) is 6.07 Å². The quantitative estimate of drug-likeness (QED) is 0.257. The number of benzene rings is 3. The lowest BCUT2D eigenvalue weighted by molar-refractivity contribution is -0.118. The van der Waals surface area contributed by atoms with Gasteiger partial charge in [-0.25, -0.2) is 4.79 Å². The number of para-hydroxylation sites is 1. The molecule has 0 aliphatic carbocycles. The van der Waals surface area contributed by atoms with Gasteiger partial charge >= 0.3 is 6.09 Å². The number of rotatable bonds is 7. The van der Waals surface area contributed by atoms with Crippen LogP contribution in [0.2, 0.25) is 5.02 Å². The van der Waals surface area contributed by atoms with Crippen LogP contribution in [0.5, 0.6) is 0 Å². The molecule has 0 unspecified atom stereocenters. The number of fused-ring (bicyclic) bond motifs is 1. The van der Waals surface area contributed by atoms with E-state index in [2.05, 4.69) is 15.6 Å². The number of hydrogen-bond donors (Lipinski definition) is 3. The molecule has 4 rings (SSSR count). The number of H-pyrrole nitrogens is 1. The Morgan fingerprint density at radius 1 is 0.973 bits per heavy atom. The average Bonchev–Trinajstić information content (AvgIpc) is 3.26. The molecule has 1 atom stereocenters. The first-order valence-electron chi connectivity index (χ1n) is 11.9. The number of nitrogens with one attached hydrogen (secondary N) is 3. The van der Waals surface area contributed by atoms with Crippen molar-refractivity contribution in [3.05, 3.63) is 101 Å². The number of hydrogen-bond acceptors (Lipinski definition) is 4. The van der Waals surface area contributed by atoms with Crippen molar-refractivity contribution < 1.29 is 19.1 Å². The number of halogens is 1. The molecule has 1 heterocycles. The highest BCUT2D eigenvalue weighted by Crippen LogP contribution is 2.25. The second-order valence-corrected chi connectivity index (χ2v) is 10.1. The van der Waals surface area contributed by atoms with E-state index < -0.39 is 23.6 Å². The first-order chi connectivity index (χ1) is 17.6. The van der Waals surface area contributed by atoms with Crippen molar-refractivity contribution in [3.63, 3.8) is 0 Å². The molecule has 0 bridgehead atoms. The number of alkyl carbamates (subject to hydrolysis) is 1. The Morgan fingerprint density at radius 3 is 2.41 bits per heavy atom. The van der Waals surface area contributed by atoms with E-state index in [0.717, 1.165) is 16.5 Å². The molecule has 2 amide bonds. The maximum Gasteiger partial charge on any atom is 0.408 e. The first-order valence-corrected chi connectivity index (χ1v) is 12.2. The van der Waals surface area contributed by atoms with Gasteiger partial charge < -0.3 is 20.4 Å². The van der Waals surface area contributed by atoms with Crippen molar-refractivity contribution in [2.24, 2.45) is 0 Å². The summed E-state index contributed by atoms with van der Waals surface area (Å²) in [6.07, 6.45) is 1.29. The van der Waals surface area contributed by atoms with Gasteiger partial charge in [-0.2, -0.15) is 0 Å². The number of ketones is 1. The second kappa shape index (κ2) is 10.9. The molecule has 190 valence electrons. The monoisotopic (exact) mass is 517 g/mol. The number of anilines is 1. The summed E-state index contributed by atoms with van der Waals surface area (Å²) in [5.74, 6) is -0.785. The van der Waals surface area contributed by atoms with Crippen molar-refractivity contribution in [1.29, 1.82) is 0 Å². The zero-order chi connectivity index (χ0) is 26.6. The number of carbonyl (C=O) groups is 3. The molecule has 0 aliphatic rings. The van der Waals surface area contributed by atoms with Gasteiger partial charge in [-0.05, 0) is 50.6 Å². The van der Waals surface area contributed by atoms with Gasteiger partial charge in [0.2, 0.25) is 5.91 Å². The minimum atomic E-state index is -0.982. The first kappa shape index (κ1) is 26.0. The third-order valence-corrected chi connectivity index (χ3v) is 5.86. The fourth-order valence-corrected chi connectivity index (χ4v) is 4.13. The number of aromatic amines is 1. The van der Waals surface area contributed by atoms with E-state index in [1.807, 2.05) is 36.5 Å². The molecule has 0 spiro atoms. The summed E-state index contributed by atoms with van der Waals surface area (Å²) in [5.41, 5.74) is 2.03. The van der Waals surface area contributed by atoms with Crippen LogP contribution in [0.4, 0.5) is 10.5 Å². The molecular weight excluding hydrogens is 490 g/mol. The standard InChI is InChI=1S/C29H28ClN3O4/c1-29(2,3)37-28(36)33-25(15-19-17-31-23-12-8-7-11-21(19)23)27(35)32-24-14-13-20(30)16-22(24)26(34)18-9-5-4-6-10-18/h4-14,16-17,25,31H,15H2,1-3H3,(H,32,35)(H,33,36)/t25-/m1/s1. The van der Waals surface area contributed by atoms with E-state index in [-0.39, 0.29) is 23.5 Å². The van der Waals surface area contributed by atoms with Gasteiger partial charge in [0.05, 0.1) is 5.69 Å². The summed E-state index contributed by atoms with van der Waals surface area (Å²) in [7, 11) is 0. The van der Waals surface area contributed by atoms with E-state index >= 15 is 0 Å². The van der Waals surface area contributed by atoms with Crippen LogP contribution in [0.3, 0.4) is 0 Å². The number of ether oxygens (including phenoxy) is 1. The van der Waals surface area contributed by atoms with Crippen LogP contribution in [-0.2, 0) is 16.0 Å². The topological polar surface area (TPSA) is 100 Å². The lowest BCUT2D eigenvalue weighted by atomic mass is 10.0. The predicted octanol–water partition coefficient (Wildman–Crippen LogP) is 6.13. The lowest BCUT2D eigenvalue weighted by Gasteiger charge is -2.23. The Morgan fingerprint density at radius 2 is 1.68 bits per heavy atom. The summed E-state index contributed by atoms with van der Waals surface area (Å²) in [6, 6.07) is 20.1. The van der Waals surface area contributed by atoms with Gasteiger partial charge in [-0.15, -0.1) is 0 Å². The molecule has 3 N–H and O–H groups in total. The van der Waals surface area contributed by atoms with E-state index in [0.29, 0.717) is 10.6 Å². The van der Waals surface area contributed by atoms with Gasteiger partial charge in [0.15, 0.2) is 5.78 Å². The van der Waals surface area contributed by atoms with Crippen LogP contribution >= 0.6 is 11.6 Å². The summed E-state index contributed by atoms with van der Waals surface area (Å²) in [4.78, 5) is 42.6. The van der Waals surface area contributed by atoms with Crippen LogP contribution in [-0.4, -0.2) is 34.4 Å². The molecule has 0 aliphatic heterocycles. The van der Waals surface area contributed by atoms with Gasteiger partial charge in [0, 0.05) is 39.7 Å². The molecule has 3 aromatic carbocycles. The molecule has 4 aromatic rings. The molecule has 0 radical (unpaired) electrons. The molecule has 1 aromatic heterocycles. The average molecular weight is 518 g/mol. The highest BCUT2D eigenvalue weighted by Gasteiger charge is 2.27. The van der Waals surface area contributed by atoms with Crippen molar-refractivity contribution in [3.8, 4) is 0 Å². The fraction of sp³-hybridized carbons (Fsp3) is 0.207. The van der Waals surface area contributed by atoms with Gasteiger partial charge in [0.1, 0.15) is 11.6 Å². The molecule has 0 saturated heterocycles. The Hall–Kier alpha value is -4.10. The predicted molar refractivity (Wildman–Crippen MR) is 145 cm³/mol. The summed E-state index contributed by atoms with van der Waals surface area (Å²) in [6.45, 7) is 5.24. The molecular formula is C29H28ClN3O4. The maximum atomic E-state index is 13.5. The van der Waals surface area contributed by atoms with Gasteiger partial charge in [-0.3, -0.25) is 9.59 Å². The van der Waals surface area contributed by atoms with E-state index in [9.17, 15) is 14.4 Å². The third-order valence-electron chi connectivity index (χ3n) is 5.63. The third kappa shape index (κ3) is 6.57. The molecule has 7 nitrogen and oxygen atoms in total. The molecule has 0 saturated carbocycles. The van der Waals surface area contributed by atoms with Crippen LogP contribution in [0, 0.1) is 0 Å². The van der Waals surface area contributed by atoms with Crippen molar-refractivity contribution in [2.45, 2.75) is 38.8 Å². The smallest absolute Gasteiger partial charge is 0.408 e. The van der Waals surface area contributed by atoms with Gasteiger partial charge in [-0.1, -0.05) is 60.1 Å². The SMILES string of the molecule is CC(C)(C)OC(=O)N[C@H](Cc1c[nH]c2ccccc12)C(=O)Nc1ccc(Cl)cc1C(=O)c1ccccc1. The van der Waals surface area contributed by atoms with Gasteiger partial charge in [0.25, 0.3) is 0 Å². The van der Waals surface area contributed by atoms with E-state index in [1.54, 1.807) is 57.2 Å². The minimum absolute atomic E-state index is 0.199. The molecule has 8 heteroatoms. The van der Waals surface area contributed by atoms with Crippen LogP contribution in [0.1, 0.15) is 42.3 Å².